The average molecular weight is 433 g/mol. The van der Waals surface area contributed by atoms with Gasteiger partial charge in [0.25, 0.3) is 5.91 Å². The third-order valence-corrected chi connectivity index (χ3v) is 4.90. The Morgan fingerprint density at radius 2 is 2.17 bits per heavy atom. The summed E-state index contributed by atoms with van der Waals surface area (Å²) < 4.78 is 24.1. The number of pyridine rings is 1. The molecule has 0 bridgehead atoms. The van der Waals surface area contributed by atoms with Gasteiger partial charge in [0, 0.05) is 18.3 Å². The van der Waals surface area contributed by atoms with Crippen LogP contribution in [0.5, 0.6) is 5.75 Å². The molecule has 160 valence electrons. The van der Waals surface area contributed by atoms with E-state index < -0.39 is 16.7 Å². The smallest absolute Gasteiger partial charge is 0.252 e. The molecule has 6 N–H and O–H groups in total. The Labute approximate surface area is 176 Å². The molecule has 30 heavy (non-hydrogen) atoms. The summed E-state index contributed by atoms with van der Waals surface area (Å²) in [4.78, 5) is 16.8. The Balaban J connectivity index is 1.67. The van der Waals surface area contributed by atoms with Crippen molar-refractivity contribution >= 4 is 34.4 Å². The molecule has 10 nitrogen and oxygen atoms in total. The van der Waals surface area contributed by atoms with Crippen LogP contribution < -0.4 is 25.8 Å². The van der Waals surface area contributed by atoms with Crippen LogP contribution in [0.1, 0.15) is 29.8 Å². The van der Waals surface area contributed by atoms with Gasteiger partial charge in [0.1, 0.15) is 24.0 Å². The van der Waals surface area contributed by atoms with Crippen LogP contribution in [-0.2, 0) is 11.2 Å². The lowest BCUT2D eigenvalue weighted by Crippen LogP contribution is -2.48. The van der Waals surface area contributed by atoms with E-state index in [1.807, 2.05) is 13.8 Å². The predicted molar refractivity (Wildman–Crippen MR) is 116 cm³/mol. The second-order valence-corrected chi connectivity index (χ2v) is 8.10. The van der Waals surface area contributed by atoms with Crippen LogP contribution in [0.15, 0.2) is 40.9 Å². The summed E-state index contributed by atoms with van der Waals surface area (Å²) >= 11 is -1.62. The monoisotopic (exact) mass is 432 g/mol. The number of aromatic nitrogens is 1. The van der Waals surface area contributed by atoms with Gasteiger partial charge in [-0.15, -0.1) is 0 Å². The Hall–Kier alpha value is -3.18. The first-order chi connectivity index (χ1) is 14.3. The van der Waals surface area contributed by atoms with Crippen molar-refractivity contribution in [3.8, 4) is 5.75 Å². The van der Waals surface area contributed by atoms with Gasteiger partial charge in [-0.1, -0.05) is 6.07 Å². The van der Waals surface area contributed by atoms with E-state index in [0.717, 1.165) is 0 Å². The lowest BCUT2D eigenvalue weighted by molar-refractivity contribution is 0.0880. The molecule has 1 atom stereocenters. The van der Waals surface area contributed by atoms with Crippen molar-refractivity contribution < 1.29 is 18.8 Å². The minimum absolute atomic E-state index is 0.0354. The van der Waals surface area contributed by atoms with E-state index in [1.54, 1.807) is 30.3 Å². The molecule has 0 fully saturated rings. The molecule has 0 aliphatic carbocycles. The number of nitrogens with one attached hydrogen (secondary N) is 3. The number of nitrogens with zero attached hydrogens (tertiary/aromatic N) is 2. The van der Waals surface area contributed by atoms with Crippen molar-refractivity contribution in [2.24, 2.45) is 10.1 Å². The third kappa shape index (κ3) is 5.24. The van der Waals surface area contributed by atoms with E-state index in [9.17, 15) is 9.00 Å². The van der Waals surface area contributed by atoms with Gasteiger partial charge in [-0.3, -0.25) is 9.52 Å². The van der Waals surface area contributed by atoms with Gasteiger partial charge >= 0.3 is 0 Å². The van der Waals surface area contributed by atoms with Crippen LogP contribution in [0.2, 0.25) is 0 Å². The van der Waals surface area contributed by atoms with Crippen molar-refractivity contribution in [2.75, 3.05) is 29.8 Å². The molecular weight excluding hydrogens is 408 g/mol. The highest BCUT2D eigenvalue weighted by molar-refractivity contribution is 7.85. The molecule has 3 rings (SSSR count). The van der Waals surface area contributed by atoms with Gasteiger partial charge in [-0.25, -0.2) is 9.19 Å². The molecule has 0 saturated heterocycles. The normalized spacial score (nSPS) is 15.4. The SMILES string of the molecule is CC(C)(COc1cccc2c1C(N)=NS(=O)N2)NC(=O)c1ccnc(NCCO)c1. The Morgan fingerprint density at radius 3 is 2.93 bits per heavy atom. The van der Waals surface area contributed by atoms with E-state index in [2.05, 4.69) is 24.7 Å². The second-order valence-electron chi connectivity index (χ2n) is 7.21. The number of benzene rings is 1. The van der Waals surface area contributed by atoms with Crippen LogP contribution in [0.25, 0.3) is 0 Å². The van der Waals surface area contributed by atoms with Crippen molar-refractivity contribution in [1.29, 1.82) is 0 Å². The van der Waals surface area contributed by atoms with Crippen molar-refractivity contribution in [2.45, 2.75) is 19.4 Å². The number of hydrogen-bond donors (Lipinski definition) is 5. The molecule has 1 aliphatic heterocycles. The lowest BCUT2D eigenvalue weighted by Gasteiger charge is -2.27. The van der Waals surface area contributed by atoms with Gasteiger partial charge in [0.05, 0.1) is 23.4 Å². The summed E-state index contributed by atoms with van der Waals surface area (Å²) in [6.45, 7) is 4.13. The van der Waals surface area contributed by atoms with Gasteiger partial charge in [0.2, 0.25) is 11.2 Å². The maximum atomic E-state index is 12.7. The number of amides is 1. The topological polar surface area (TPSA) is 151 Å². The minimum atomic E-state index is -1.62. The molecule has 0 radical (unpaired) electrons. The number of hydrogen-bond acceptors (Lipinski definition) is 7. The van der Waals surface area contributed by atoms with Crippen LogP contribution in [-0.4, -0.2) is 51.3 Å². The molecule has 2 aromatic rings. The molecule has 1 amide bonds. The average Bonchev–Trinajstić information content (AvgIpc) is 2.70. The first-order valence-electron chi connectivity index (χ1n) is 9.21. The van der Waals surface area contributed by atoms with Gasteiger partial charge in [0.15, 0.2) is 0 Å². The highest BCUT2D eigenvalue weighted by Crippen LogP contribution is 2.30. The zero-order valence-electron chi connectivity index (χ0n) is 16.6. The van der Waals surface area contributed by atoms with Gasteiger partial charge in [-0.2, -0.15) is 4.40 Å². The predicted octanol–water partition coefficient (Wildman–Crippen LogP) is 0.783. The fourth-order valence-electron chi connectivity index (χ4n) is 2.78. The summed E-state index contributed by atoms with van der Waals surface area (Å²) in [5.41, 5.74) is 6.75. The summed E-state index contributed by atoms with van der Waals surface area (Å²) in [6.07, 6.45) is 1.52. The molecular formula is C19H24N6O4S. The van der Waals surface area contributed by atoms with Crippen LogP contribution in [0.3, 0.4) is 0 Å². The van der Waals surface area contributed by atoms with Crippen molar-refractivity contribution in [1.82, 2.24) is 10.3 Å². The molecule has 0 spiro atoms. The van der Waals surface area contributed by atoms with Crippen LogP contribution >= 0.6 is 0 Å². The standard InChI is InChI=1S/C19H24N6O4S/c1-19(2,23-18(27)12-6-7-21-15(10-12)22-8-9-26)11-29-14-5-3-4-13-16(14)17(20)25-30(28)24-13/h3-7,10,24,26H,8-9,11H2,1-2H3,(H2,20,25)(H,21,22)(H,23,27). The minimum Gasteiger partial charge on any atom is -0.490 e. The maximum absolute atomic E-state index is 12.7. The molecule has 1 aliphatic rings. The van der Waals surface area contributed by atoms with Crippen molar-refractivity contribution in [3.63, 3.8) is 0 Å². The number of carbonyl (C=O) groups is 1. The summed E-state index contributed by atoms with van der Waals surface area (Å²) in [6, 6.07) is 8.43. The second kappa shape index (κ2) is 9.09. The van der Waals surface area contributed by atoms with E-state index >= 15 is 0 Å². The Bertz CT molecular complexity index is 995. The third-order valence-electron chi connectivity index (χ3n) is 4.14. The highest BCUT2D eigenvalue weighted by atomic mass is 32.2. The van der Waals surface area contributed by atoms with Crippen LogP contribution in [0.4, 0.5) is 11.5 Å². The lowest BCUT2D eigenvalue weighted by atomic mass is 10.1. The zero-order chi connectivity index (χ0) is 21.7. The van der Waals surface area contributed by atoms with E-state index in [1.165, 1.54) is 6.20 Å². The molecule has 1 aromatic carbocycles. The highest BCUT2D eigenvalue weighted by Gasteiger charge is 2.25. The Kier molecular flexibility index (Phi) is 6.53. The molecule has 1 unspecified atom stereocenters. The van der Waals surface area contributed by atoms with Crippen molar-refractivity contribution in [3.05, 3.63) is 47.7 Å². The quantitative estimate of drug-likeness (QED) is 0.413. The number of aliphatic hydroxyl groups excluding tert-OH is 1. The zero-order valence-corrected chi connectivity index (χ0v) is 17.5. The number of ether oxygens (including phenoxy) is 1. The number of aliphatic hydroxyl groups is 1. The summed E-state index contributed by atoms with van der Waals surface area (Å²) in [5.74, 6) is 0.812. The summed E-state index contributed by atoms with van der Waals surface area (Å²) in [5, 5.41) is 14.7. The number of fused-ring (bicyclic) bond motifs is 1. The fraction of sp³-hybridized carbons (Fsp3) is 0.316. The largest absolute Gasteiger partial charge is 0.490 e. The van der Waals surface area contributed by atoms with E-state index in [4.69, 9.17) is 15.6 Å². The molecule has 11 heteroatoms. The van der Waals surface area contributed by atoms with E-state index in [0.29, 0.717) is 34.9 Å². The fourth-order valence-corrected chi connectivity index (χ4v) is 3.45. The number of rotatable bonds is 8. The maximum Gasteiger partial charge on any atom is 0.252 e. The van der Waals surface area contributed by atoms with Gasteiger partial charge < -0.3 is 26.2 Å². The summed E-state index contributed by atoms with van der Waals surface area (Å²) in [7, 11) is 0. The van der Waals surface area contributed by atoms with E-state index in [-0.39, 0.29) is 25.0 Å². The first-order valence-corrected chi connectivity index (χ1v) is 10.3. The Morgan fingerprint density at radius 1 is 1.37 bits per heavy atom. The number of amidine groups is 1. The van der Waals surface area contributed by atoms with Gasteiger partial charge in [-0.05, 0) is 38.1 Å². The first kappa shape index (κ1) is 21.5. The molecule has 0 saturated carbocycles. The van der Waals surface area contributed by atoms with Crippen LogP contribution in [0, 0.1) is 0 Å². The number of anilines is 2. The number of nitrogens with two attached hydrogens (primary N) is 1. The number of carbonyl (C=O) groups excluding carboxylic acids is 1. The molecule has 2 heterocycles. The molecule has 1 aromatic heterocycles.